The van der Waals surface area contributed by atoms with Crippen molar-refractivity contribution in [1.82, 2.24) is 4.31 Å². The van der Waals surface area contributed by atoms with Crippen LogP contribution in [0.4, 0.5) is 5.69 Å². The molecule has 32 heavy (non-hydrogen) atoms. The molecule has 3 aromatic rings. The molecular weight excluding hydrogens is 424 g/mol. The maximum Gasteiger partial charge on any atom is 0.244 e. The van der Waals surface area contributed by atoms with E-state index in [4.69, 9.17) is 4.74 Å². The molecule has 4 rings (SSSR count). The summed E-state index contributed by atoms with van der Waals surface area (Å²) in [6.45, 7) is 4.11. The van der Waals surface area contributed by atoms with Crippen LogP contribution in [0.3, 0.4) is 0 Å². The molecule has 1 heterocycles. The van der Waals surface area contributed by atoms with Crippen LogP contribution in [-0.4, -0.2) is 31.8 Å². The lowest BCUT2D eigenvalue weighted by molar-refractivity contribution is -0.120. The van der Waals surface area contributed by atoms with Gasteiger partial charge in [-0.05, 0) is 78.9 Å². The molecule has 0 spiro atoms. The standard InChI is InChI=1S/C25H26N2O4S/c1-17-8-9-21(14-18(17)2)26-25(28)24-15-19-6-4-5-7-20(19)16-27(24)32(29,30)23-12-10-22(31-3)11-13-23/h4-14,24H,15-16H2,1-3H3,(H,26,28)/t24-/m0/s1. The highest BCUT2D eigenvalue weighted by Gasteiger charge is 2.39. The molecular formula is C25H26N2O4S. The molecule has 166 valence electrons. The quantitative estimate of drug-likeness (QED) is 0.636. The van der Waals surface area contributed by atoms with E-state index in [1.165, 1.54) is 23.5 Å². The van der Waals surface area contributed by atoms with E-state index < -0.39 is 16.1 Å². The predicted octanol–water partition coefficient (Wildman–Crippen LogP) is 4.07. The van der Waals surface area contributed by atoms with E-state index in [0.29, 0.717) is 17.9 Å². The van der Waals surface area contributed by atoms with Crippen molar-refractivity contribution in [1.29, 1.82) is 0 Å². The first kappa shape index (κ1) is 22.0. The fourth-order valence-electron chi connectivity index (χ4n) is 3.90. The average molecular weight is 451 g/mol. The van der Waals surface area contributed by atoms with Gasteiger partial charge in [0.25, 0.3) is 0 Å². The van der Waals surface area contributed by atoms with Crippen molar-refractivity contribution >= 4 is 21.6 Å². The predicted molar refractivity (Wildman–Crippen MR) is 124 cm³/mol. The van der Waals surface area contributed by atoms with Crippen LogP contribution in [0.1, 0.15) is 22.3 Å². The van der Waals surface area contributed by atoms with Crippen LogP contribution in [0.15, 0.2) is 71.6 Å². The first-order valence-corrected chi connectivity index (χ1v) is 11.8. The third-order valence-electron chi connectivity index (χ3n) is 5.95. The van der Waals surface area contributed by atoms with Crippen molar-refractivity contribution in [3.63, 3.8) is 0 Å². The fraction of sp³-hybridized carbons (Fsp3) is 0.240. The Labute approximate surface area is 188 Å². The number of anilines is 1. The minimum Gasteiger partial charge on any atom is -0.497 e. The Hall–Kier alpha value is -3.16. The van der Waals surface area contributed by atoms with Gasteiger partial charge >= 0.3 is 0 Å². The molecule has 3 aromatic carbocycles. The third-order valence-corrected chi connectivity index (χ3v) is 7.82. The van der Waals surface area contributed by atoms with Crippen molar-refractivity contribution in [3.05, 3.63) is 89.0 Å². The van der Waals surface area contributed by atoms with Crippen LogP contribution >= 0.6 is 0 Å². The summed E-state index contributed by atoms with van der Waals surface area (Å²) >= 11 is 0. The highest BCUT2D eigenvalue weighted by Crippen LogP contribution is 2.30. The molecule has 0 aliphatic carbocycles. The van der Waals surface area contributed by atoms with Crippen LogP contribution in [0.5, 0.6) is 5.75 Å². The topological polar surface area (TPSA) is 75.7 Å². The molecule has 0 bridgehead atoms. The van der Waals surface area contributed by atoms with E-state index in [9.17, 15) is 13.2 Å². The van der Waals surface area contributed by atoms with Crippen LogP contribution in [0.2, 0.25) is 0 Å². The fourth-order valence-corrected chi connectivity index (χ4v) is 5.47. The summed E-state index contributed by atoms with van der Waals surface area (Å²) in [5.74, 6) is 0.219. The summed E-state index contributed by atoms with van der Waals surface area (Å²) in [5.41, 5.74) is 4.71. The molecule has 1 N–H and O–H groups in total. The number of carbonyl (C=O) groups is 1. The Morgan fingerprint density at radius 1 is 0.969 bits per heavy atom. The number of nitrogens with zero attached hydrogens (tertiary/aromatic N) is 1. The summed E-state index contributed by atoms with van der Waals surface area (Å²) in [6, 6.07) is 18.7. The highest BCUT2D eigenvalue weighted by molar-refractivity contribution is 7.89. The maximum absolute atomic E-state index is 13.6. The van der Waals surface area contributed by atoms with Gasteiger partial charge in [-0.25, -0.2) is 8.42 Å². The molecule has 6 nitrogen and oxygen atoms in total. The normalized spacial score (nSPS) is 16.3. The summed E-state index contributed by atoms with van der Waals surface area (Å²) in [6.07, 6.45) is 0.308. The number of hydrogen-bond acceptors (Lipinski definition) is 4. The largest absolute Gasteiger partial charge is 0.497 e. The molecule has 0 saturated heterocycles. The van der Waals surface area contributed by atoms with Crippen LogP contribution in [-0.2, 0) is 27.8 Å². The number of nitrogens with one attached hydrogen (secondary N) is 1. The van der Waals surface area contributed by atoms with Crippen molar-refractivity contribution in [3.8, 4) is 5.75 Å². The Balaban J connectivity index is 1.70. The zero-order valence-electron chi connectivity index (χ0n) is 18.3. The number of benzene rings is 3. The number of ether oxygens (including phenoxy) is 1. The highest BCUT2D eigenvalue weighted by atomic mass is 32.2. The number of amides is 1. The van der Waals surface area contributed by atoms with E-state index in [1.807, 2.05) is 56.3 Å². The van der Waals surface area contributed by atoms with Gasteiger partial charge < -0.3 is 10.1 Å². The van der Waals surface area contributed by atoms with Gasteiger partial charge in [0.2, 0.25) is 15.9 Å². The second-order valence-corrected chi connectivity index (χ2v) is 9.89. The summed E-state index contributed by atoms with van der Waals surface area (Å²) in [4.78, 5) is 13.5. The van der Waals surface area contributed by atoms with Crippen molar-refractivity contribution in [2.24, 2.45) is 0 Å². The molecule has 0 radical (unpaired) electrons. The number of rotatable bonds is 5. The SMILES string of the molecule is COc1ccc(S(=O)(=O)N2Cc3ccccc3C[C@H]2C(=O)Nc2ccc(C)c(C)c2)cc1. The number of hydrogen-bond donors (Lipinski definition) is 1. The smallest absolute Gasteiger partial charge is 0.244 e. The lowest BCUT2D eigenvalue weighted by Crippen LogP contribution is -2.50. The average Bonchev–Trinajstić information content (AvgIpc) is 2.80. The van der Waals surface area contributed by atoms with Crippen molar-refractivity contribution in [2.75, 3.05) is 12.4 Å². The van der Waals surface area contributed by atoms with Crippen LogP contribution in [0, 0.1) is 13.8 Å². The van der Waals surface area contributed by atoms with Gasteiger partial charge in [0.05, 0.1) is 12.0 Å². The van der Waals surface area contributed by atoms with Crippen LogP contribution < -0.4 is 10.1 Å². The molecule has 0 unspecified atom stereocenters. The van der Waals surface area contributed by atoms with Crippen molar-refractivity contribution in [2.45, 2.75) is 37.8 Å². The van der Waals surface area contributed by atoms with E-state index in [2.05, 4.69) is 5.32 Å². The molecule has 0 fully saturated rings. The first-order valence-electron chi connectivity index (χ1n) is 10.4. The first-order chi connectivity index (χ1) is 15.3. The van der Waals surface area contributed by atoms with E-state index in [1.54, 1.807) is 12.1 Å². The Kier molecular flexibility index (Phi) is 6.04. The number of carbonyl (C=O) groups excluding carboxylic acids is 1. The zero-order valence-corrected chi connectivity index (χ0v) is 19.1. The number of sulfonamides is 1. The van der Waals surface area contributed by atoms with Crippen LogP contribution in [0.25, 0.3) is 0 Å². The van der Waals surface area contributed by atoms with Gasteiger partial charge in [-0.15, -0.1) is 0 Å². The van der Waals surface area contributed by atoms with Gasteiger partial charge in [0, 0.05) is 12.2 Å². The molecule has 1 aliphatic heterocycles. The zero-order chi connectivity index (χ0) is 22.9. The lowest BCUT2D eigenvalue weighted by atomic mass is 9.95. The lowest BCUT2D eigenvalue weighted by Gasteiger charge is -2.35. The summed E-state index contributed by atoms with van der Waals surface area (Å²) < 4.78 is 33.6. The van der Waals surface area contributed by atoms with Gasteiger partial charge in [-0.2, -0.15) is 4.31 Å². The Morgan fingerprint density at radius 2 is 1.66 bits per heavy atom. The minimum atomic E-state index is -3.91. The minimum absolute atomic E-state index is 0.127. The van der Waals surface area contributed by atoms with Gasteiger partial charge in [0.15, 0.2) is 0 Å². The maximum atomic E-state index is 13.6. The number of fused-ring (bicyclic) bond motifs is 1. The molecule has 1 aliphatic rings. The van der Waals surface area contributed by atoms with E-state index in [-0.39, 0.29) is 17.3 Å². The monoisotopic (exact) mass is 450 g/mol. The Bertz CT molecular complexity index is 1250. The molecule has 0 saturated carbocycles. The Morgan fingerprint density at radius 3 is 2.31 bits per heavy atom. The molecule has 1 amide bonds. The third kappa shape index (κ3) is 4.26. The molecule has 1 atom stereocenters. The van der Waals surface area contributed by atoms with Crippen molar-refractivity contribution < 1.29 is 17.9 Å². The molecule has 0 aromatic heterocycles. The van der Waals surface area contributed by atoms with E-state index >= 15 is 0 Å². The number of methoxy groups -OCH3 is 1. The number of aryl methyl sites for hydroxylation is 2. The summed E-state index contributed by atoms with van der Waals surface area (Å²) in [5, 5.41) is 2.92. The molecule has 7 heteroatoms. The second kappa shape index (κ2) is 8.76. The van der Waals surface area contributed by atoms with Gasteiger partial charge in [0.1, 0.15) is 11.8 Å². The van der Waals surface area contributed by atoms with Gasteiger partial charge in [-0.3, -0.25) is 4.79 Å². The van der Waals surface area contributed by atoms with E-state index in [0.717, 1.165) is 22.3 Å². The van der Waals surface area contributed by atoms with Gasteiger partial charge in [-0.1, -0.05) is 30.3 Å². The summed E-state index contributed by atoms with van der Waals surface area (Å²) in [7, 11) is -2.39. The second-order valence-electron chi connectivity index (χ2n) is 8.00.